The molecule has 0 heterocycles. The molecule has 128 valence electrons. The van der Waals surface area contributed by atoms with Crippen molar-refractivity contribution in [3.63, 3.8) is 0 Å². The van der Waals surface area contributed by atoms with Gasteiger partial charge in [0, 0.05) is 32.3 Å². The van der Waals surface area contributed by atoms with Gasteiger partial charge in [-0.3, -0.25) is 10.1 Å². The number of nitrogens with one attached hydrogen (secondary N) is 2. The fraction of sp³-hybridized carbons (Fsp3) is 0.400. The molecule has 0 aliphatic rings. The molecule has 0 radical (unpaired) electrons. The van der Waals surface area contributed by atoms with Crippen LogP contribution in [0.25, 0.3) is 0 Å². The quantitative estimate of drug-likeness (QED) is 0.125. The Morgan fingerprint density at radius 3 is 2.52 bits per heavy atom. The second-order valence-corrected chi connectivity index (χ2v) is 4.82. The molecule has 0 bridgehead atoms. The first kappa shape index (κ1) is 21.3. The van der Waals surface area contributed by atoms with Crippen LogP contribution in [0.4, 0.5) is 5.69 Å². The molecule has 2 N–H and O–H groups in total. The Labute approximate surface area is 153 Å². The minimum Gasteiger partial charge on any atom is -0.383 e. The highest BCUT2D eigenvalue weighted by Gasteiger charge is 2.04. The van der Waals surface area contributed by atoms with E-state index < -0.39 is 4.92 Å². The van der Waals surface area contributed by atoms with Crippen molar-refractivity contribution in [1.82, 2.24) is 10.6 Å². The number of methoxy groups -OCH3 is 1. The van der Waals surface area contributed by atoms with Crippen LogP contribution in [0.1, 0.15) is 12.5 Å². The highest BCUT2D eigenvalue weighted by molar-refractivity contribution is 14.0. The average Bonchev–Trinajstić information content (AvgIpc) is 2.49. The van der Waals surface area contributed by atoms with Crippen molar-refractivity contribution in [2.24, 2.45) is 4.99 Å². The number of nitro benzene ring substituents is 1. The van der Waals surface area contributed by atoms with Gasteiger partial charge in [-0.2, -0.15) is 0 Å². The van der Waals surface area contributed by atoms with Gasteiger partial charge in [0.1, 0.15) is 0 Å². The smallest absolute Gasteiger partial charge is 0.269 e. The standard InChI is InChI=1S/C15H22N4O3.HI/c1-12(2)10-17-15(16-8-9-22-3)18-11-13-4-6-14(7-5-13)19(20)21;/h4-7H,1,8-11H2,2-3H3,(H2,16,17,18);1H. The summed E-state index contributed by atoms with van der Waals surface area (Å²) in [4.78, 5) is 14.6. The zero-order valence-corrected chi connectivity index (χ0v) is 15.7. The van der Waals surface area contributed by atoms with E-state index in [0.717, 1.165) is 11.1 Å². The first-order valence-corrected chi connectivity index (χ1v) is 6.91. The average molecular weight is 434 g/mol. The summed E-state index contributed by atoms with van der Waals surface area (Å²) in [6.45, 7) is 8.02. The van der Waals surface area contributed by atoms with Crippen LogP contribution in [-0.2, 0) is 11.3 Å². The third-order valence-electron chi connectivity index (χ3n) is 2.72. The Bertz CT molecular complexity index is 532. The summed E-state index contributed by atoms with van der Waals surface area (Å²) in [6.07, 6.45) is 0. The molecule has 8 heteroatoms. The summed E-state index contributed by atoms with van der Waals surface area (Å²) < 4.78 is 4.99. The monoisotopic (exact) mass is 434 g/mol. The number of guanidine groups is 1. The number of nitrogens with zero attached hydrogens (tertiary/aromatic N) is 2. The Morgan fingerprint density at radius 1 is 1.35 bits per heavy atom. The maximum Gasteiger partial charge on any atom is 0.269 e. The van der Waals surface area contributed by atoms with E-state index in [-0.39, 0.29) is 29.7 Å². The predicted octanol–water partition coefficient (Wildman–Crippen LogP) is 2.47. The minimum atomic E-state index is -0.417. The highest BCUT2D eigenvalue weighted by Crippen LogP contribution is 2.12. The van der Waals surface area contributed by atoms with Gasteiger partial charge >= 0.3 is 0 Å². The molecule has 0 unspecified atom stereocenters. The summed E-state index contributed by atoms with van der Waals surface area (Å²) in [7, 11) is 1.64. The van der Waals surface area contributed by atoms with Gasteiger partial charge in [-0.1, -0.05) is 24.3 Å². The Morgan fingerprint density at radius 2 is 2.00 bits per heavy atom. The first-order valence-electron chi connectivity index (χ1n) is 6.91. The van der Waals surface area contributed by atoms with Crippen molar-refractivity contribution >= 4 is 35.6 Å². The van der Waals surface area contributed by atoms with Gasteiger partial charge in [-0.15, -0.1) is 24.0 Å². The van der Waals surface area contributed by atoms with Crippen LogP contribution in [-0.4, -0.2) is 37.7 Å². The number of aliphatic imine (C=N–C) groups is 1. The van der Waals surface area contributed by atoms with Gasteiger partial charge in [0.2, 0.25) is 0 Å². The van der Waals surface area contributed by atoms with E-state index in [9.17, 15) is 10.1 Å². The SMILES string of the molecule is C=C(C)CNC(=NCc1ccc([N+](=O)[O-])cc1)NCCOC.I. The molecule has 1 rings (SSSR count). The number of non-ortho nitro benzene ring substituents is 1. The summed E-state index contributed by atoms with van der Waals surface area (Å²) in [6, 6.07) is 6.36. The lowest BCUT2D eigenvalue weighted by molar-refractivity contribution is -0.384. The molecule has 23 heavy (non-hydrogen) atoms. The molecule has 0 atom stereocenters. The van der Waals surface area contributed by atoms with Gasteiger partial charge in [-0.05, 0) is 12.5 Å². The van der Waals surface area contributed by atoms with Crippen molar-refractivity contribution in [2.75, 3.05) is 26.8 Å². The van der Waals surface area contributed by atoms with Crippen molar-refractivity contribution in [2.45, 2.75) is 13.5 Å². The van der Waals surface area contributed by atoms with Crippen LogP contribution in [0.2, 0.25) is 0 Å². The Kier molecular flexibility index (Phi) is 11.0. The molecule has 0 amide bonds. The van der Waals surface area contributed by atoms with Crippen LogP contribution in [0.5, 0.6) is 0 Å². The summed E-state index contributed by atoms with van der Waals surface area (Å²) in [5, 5.41) is 16.9. The van der Waals surface area contributed by atoms with Crippen LogP contribution >= 0.6 is 24.0 Å². The lowest BCUT2D eigenvalue weighted by Gasteiger charge is -2.12. The number of hydrogen-bond donors (Lipinski definition) is 2. The predicted molar refractivity (Wildman–Crippen MR) is 102 cm³/mol. The largest absolute Gasteiger partial charge is 0.383 e. The zero-order valence-electron chi connectivity index (χ0n) is 13.4. The molecule has 7 nitrogen and oxygen atoms in total. The van der Waals surface area contributed by atoms with Crippen LogP contribution in [0.15, 0.2) is 41.4 Å². The molecule has 0 aliphatic carbocycles. The topological polar surface area (TPSA) is 88.8 Å². The van der Waals surface area contributed by atoms with E-state index in [1.165, 1.54) is 12.1 Å². The Balaban J connectivity index is 0.00000484. The molecule has 0 saturated heterocycles. The minimum absolute atomic E-state index is 0. The number of ether oxygens (including phenoxy) is 1. The summed E-state index contributed by atoms with van der Waals surface area (Å²) in [5.41, 5.74) is 1.97. The van der Waals surface area contributed by atoms with Gasteiger partial charge in [0.25, 0.3) is 5.69 Å². The number of halogens is 1. The molecule has 0 saturated carbocycles. The third-order valence-corrected chi connectivity index (χ3v) is 2.72. The van der Waals surface area contributed by atoms with E-state index in [1.54, 1.807) is 19.2 Å². The van der Waals surface area contributed by atoms with Crippen LogP contribution in [0, 0.1) is 10.1 Å². The molecule has 1 aromatic rings. The normalized spacial score (nSPS) is 10.6. The fourth-order valence-electron chi connectivity index (χ4n) is 1.57. The lowest BCUT2D eigenvalue weighted by atomic mass is 10.2. The van der Waals surface area contributed by atoms with Crippen molar-refractivity contribution in [3.05, 3.63) is 52.1 Å². The summed E-state index contributed by atoms with van der Waals surface area (Å²) >= 11 is 0. The number of rotatable bonds is 8. The fourth-order valence-corrected chi connectivity index (χ4v) is 1.57. The van der Waals surface area contributed by atoms with Crippen LogP contribution in [0.3, 0.4) is 0 Å². The first-order chi connectivity index (χ1) is 10.5. The van der Waals surface area contributed by atoms with Crippen molar-refractivity contribution in [3.8, 4) is 0 Å². The van der Waals surface area contributed by atoms with E-state index >= 15 is 0 Å². The lowest BCUT2D eigenvalue weighted by Crippen LogP contribution is -2.39. The Hall–Kier alpha value is -1.68. The number of hydrogen-bond acceptors (Lipinski definition) is 4. The zero-order chi connectivity index (χ0) is 16.4. The van der Waals surface area contributed by atoms with E-state index in [2.05, 4.69) is 22.2 Å². The van der Waals surface area contributed by atoms with Crippen LogP contribution < -0.4 is 10.6 Å². The molecule has 0 fully saturated rings. The third kappa shape index (κ3) is 9.14. The molecule has 0 aliphatic heterocycles. The molecule has 1 aromatic carbocycles. The molecular formula is C15H23IN4O3. The van der Waals surface area contributed by atoms with Gasteiger partial charge in [0.05, 0.1) is 18.1 Å². The van der Waals surface area contributed by atoms with Gasteiger partial charge in [0.15, 0.2) is 5.96 Å². The highest BCUT2D eigenvalue weighted by atomic mass is 127. The number of benzene rings is 1. The second-order valence-electron chi connectivity index (χ2n) is 4.82. The van der Waals surface area contributed by atoms with Crippen molar-refractivity contribution in [1.29, 1.82) is 0 Å². The van der Waals surface area contributed by atoms with E-state index in [4.69, 9.17) is 4.74 Å². The van der Waals surface area contributed by atoms with E-state index in [1.807, 2.05) is 6.92 Å². The number of nitro groups is 1. The molecule has 0 aromatic heterocycles. The summed E-state index contributed by atoms with van der Waals surface area (Å²) in [5.74, 6) is 0.651. The second kappa shape index (κ2) is 11.8. The maximum absolute atomic E-state index is 10.6. The van der Waals surface area contributed by atoms with E-state index in [0.29, 0.717) is 32.2 Å². The van der Waals surface area contributed by atoms with Gasteiger partial charge < -0.3 is 15.4 Å². The van der Waals surface area contributed by atoms with Gasteiger partial charge in [-0.25, -0.2) is 4.99 Å². The molecule has 0 spiro atoms. The van der Waals surface area contributed by atoms with Crippen molar-refractivity contribution < 1.29 is 9.66 Å². The maximum atomic E-state index is 10.6. The molecular weight excluding hydrogens is 411 g/mol.